The summed E-state index contributed by atoms with van der Waals surface area (Å²) < 4.78 is 1.81. The molecule has 0 spiro atoms. The topological polar surface area (TPSA) is 29.9 Å². The summed E-state index contributed by atoms with van der Waals surface area (Å²) >= 11 is 0. The number of aromatic nitrogens is 2. The minimum atomic E-state index is 1.12. The van der Waals surface area contributed by atoms with Gasteiger partial charge in [-0.15, -0.1) is 0 Å². The van der Waals surface area contributed by atoms with E-state index in [4.69, 9.17) is 0 Å². The largest absolute Gasteiger partial charge is 0.388 e. The van der Waals surface area contributed by atoms with Gasteiger partial charge in [-0.1, -0.05) is 12.1 Å². The van der Waals surface area contributed by atoms with Gasteiger partial charge in [-0.05, 0) is 17.7 Å². The second-order valence-corrected chi connectivity index (χ2v) is 3.23. The molecule has 0 atom stereocenters. The Morgan fingerprint density at radius 1 is 1.14 bits per heavy atom. The zero-order valence-corrected chi connectivity index (χ0v) is 8.36. The summed E-state index contributed by atoms with van der Waals surface area (Å²) in [7, 11) is 3.84. The van der Waals surface area contributed by atoms with Crippen LogP contribution in [0.1, 0.15) is 0 Å². The molecule has 0 unspecified atom stereocenters. The van der Waals surface area contributed by atoms with Gasteiger partial charge in [0.05, 0.1) is 6.20 Å². The fourth-order valence-electron chi connectivity index (χ4n) is 1.40. The molecular weight excluding hydrogens is 174 g/mol. The van der Waals surface area contributed by atoms with Gasteiger partial charge < -0.3 is 5.32 Å². The highest BCUT2D eigenvalue weighted by atomic mass is 15.2. The maximum Gasteiger partial charge on any atom is 0.0568 e. The Morgan fingerprint density at radius 3 is 2.36 bits per heavy atom. The SMILES string of the molecule is CNc1ccc(-c2cnn(C)c2)cc1. The molecule has 3 nitrogen and oxygen atoms in total. The molecule has 2 rings (SSSR count). The number of hydrogen-bond acceptors (Lipinski definition) is 2. The summed E-state index contributed by atoms with van der Waals surface area (Å²) in [5.41, 5.74) is 3.46. The first-order valence-electron chi connectivity index (χ1n) is 4.56. The zero-order valence-electron chi connectivity index (χ0n) is 8.36. The van der Waals surface area contributed by atoms with Crippen LogP contribution in [0.4, 0.5) is 5.69 Å². The second-order valence-electron chi connectivity index (χ2n) is 3.23. The van der Waals surface area contributed by atoms with Crippen molar-refractivity contribution in [2.45, 2.75) is 0 Å². The third-order valence-electron chi connectivity index (χ3n) is 2.21. The molecular formula is C11H13N3. The average Bonchev–Trinajstić information content (AvgIpc) is 2.65. The molecule has 0 amide bonds. The minimum absolute atomic E-state index is 1.12. The van der Waals surface area contributed by atoms with Crippen LogP contribution in [0.5, 0.6) is 0 Å². The van der Waals surface area contributed by atoms with Gasteiger partial charge in [0.1, 0.15) is 0 Å². The van der Waals surface area contributed by atoms with Gasteiger partial charge in [0.25, 0.3) is 0 Å². The van der Waals surface area contributed by atoms with Gasteiger partial charge in [-0.25, -0.2) is 0 Å². The molecule has 14 heavy (non-hydrogen) atoms. The van der Waals surface area contributed by atoms with Crippen molar-refractivity contribution in [1.82, 2.24) is 9.78 Å². The fourth-order valence-corrected chi connectivity index (χ4v) is 1.40. The van der Waals surface area contributed by atoms with E-state index in [1.165, 1.54) is 5.56 Å². The van der Waals surface area contributed by atoms with Gasteiger partial charge in [0.2, 0.25) is 0 Å². The molecule has 0 saturated heterocycles. The molecule has 3 heteroatoms. The molecule has 2 aromatic rings. The lowest BCUT2D eigenvalue weighted by molar-refractivity contribution is 0.768. The zero-order chi connectivity index (χ0) is 9.97. The van der Waals surface area contributed by atoms with E-state index in [1.807, 2.05) is 26.5 Å². The van der Waals surface area contributed by atoms with Crippen LogP contribution in [0.3, 0.4) is 0 Å². The Labute approximate surface area is 83.4 Å². The minimum Gasteiger partial charge on any atom is -0.388 e. The molecule has 0 aliphatic carbocycles. The van der Waals surface area contributed by atoms with Gasteiger partial charge in [0.15, 0.2) is 0 Å². The Bertz CT molecular complexity index is 414. The molecule has 0 saturated carbocycles. The Hall–Kier alpha value is -1.77. The van der Waals surface area contributed by atoms with Crippen molar-refractivity contribution in [3.63, 3.8) is 0 Å². The van der Waals surface area contributed by atoms with Crippen molar-refractivity contribution < 1.29 is 0 Å². The molecule has 1 N–H and O–H groups in total. The van der Waals surface area contributed by atoms with Crippen LogP contribution in [0.2, 0.25) is 0 Å². The van der Waals surface area contributed by atoms with Crippen LogP contribution in [0, 0.1) is 0 Å². The maximum atomic E-state index is 4.14. The Morgan fingerprint density at radius 2 is 1.86 bits per heavy atom. The van der Waals surface area contributed by atoms with E-state index < -0.39 is 0 Å². The fraction of sp³-hybridized carbons (Fsp3) is 0.182. The lowest BCUT2D eigenvalue weighted by Gasteiger charge is -2.00. The third-order valence-corrected chi connectivity index (χ3v) is 2.21. The third kappa shape index (κ3) is 1.62. The number of rotatable bonds is 2. The van der Waals surface area contributed by atoms with E-state index >= 15 is 0 Å². The molecule has 1 aromatic carbocycles. The molecule has 0 radical (unpaired) electrons. The van der Waals surface area contributed by atoms with Crippen LogP contribution in [0.15, 0.2) is 36.7 Å². The standard InChI is InChI=1S/C11H13N3/c1-12-11-5-3-9(4-6-11)10-7-13-14(2)8-10/h3-8,12H,1-2H3. The predicted octanol–water partition coefficient (Wildman–Crippen LogP) is 2.13. The van der Waals surface area contributed by atoms with Crippen molar-refractivity contribution in [2.24, 2.45) is 7.05 Å². The van der Waals surface area contributed by atoms with Gasteiger partial charge in [0, 0.05) is 31.5 Å². The van der Waals surface area contributed by atoms with Crippen molar-refractivity contribution in [3.05, 3.63) is 36.7 Å². The summed E-state index contributed by atoms with van der Waals surface area (Å²) in [6.45, 7) is 0. The highest BCUT2D eigenvalue weighted by molar-refractivity contribution is 5.64. The Kier molecular flexibility index (Phi) is 2.23. The summed E-state index contributed by atoms with van der Waals surface area (Å²) in [4.78, 5) is 0. The quantitative estimate of drug-likeness (QED) is 0.780. The van der Waals surface area contributed by atoms with E-state index in [-0.39, 0.29) is 0 Å². The van der Waals surface area contributed by atoms with Crippen molar-refractivity contribution in [3.8, 4) is 11.1 Å². The number of aryl methyl sites for hydroxylation is 1. The number of benzene rings is 1. The first-order valence-corrected chi connectivity index (χ1v) is 4.56. The molecule has 1 aromatic heterocycles. The molecule has 0 aliphatic rings. The van der Waals surface area contributed by atoms with E-state index in [0.717, 1.165) is 11.3 Å². The summed E-state index contributed by atoms with van der Waals surface area (Å²) in [5, 5.41) is 7.23. The number of anilines is 1. The lowest BCUT2D eigenvalue weighted by Crippen LogP contribution is -1.86. The van der Waals surface area contributed by atoms with Gasteiger partial charge in [-0.3, -0.25) is 4.68 Å². The van der Waals surface area contributed by atoms with E-state index in [0.29, 0.717) is 0 Å². The highest BCUT2D eigenvalue weighted by Crippen LogP contribution is 2.20. The summed E-state index contributed by atoms with van der Waals surface area (Å²) in [6, 6.07) is 8.29. The molecule has 72 valence electrons. The number of hydrogen-bond donors (Lipinski definition) is 1. The van der Waals surface area contributed by atoms with Crippen molar-refractivity contribution >= 4 is 5.69 Å². The van der Waals surface area contributed by atoms with E-state index in [1.54, 1.807) is 4.68 Å². The normalized spacial score (nSPS) is 10.1. The van der Waals surface area contributed by atoms with E-state index in [2.05, 4.69) is 34.7 Å². The molecule has 0 aliphatic heterocycles. The molecule has 0 bridgehead atoms. The number of nitrogens with one attached hydrogen (secondary N) is 1. The van der Waals surface area contributed by atoms with Crippen LogP contribution >= 0.6 is 0 Å². The average molecular weight is 187 g/mol. The lowest BCUT2D eigenvalue weighted by atomic mass is 10.1. The van der Waals surface area contributed by atoms with Gasteiger partial charge in [-0.2, -0.15) is 5.10 Å². The number of nitrogens with zero attached hydrogens (tertiary/aromatic N) is 2. The second kappa shape index (κ2) is 3.54. The first-order chi connectivity index (χ1) is 6.79. The first kappa shape index (κ1) is 8.81. The van der Waals surface area contributed by atoms with Crippen LogP contribution in [-0.4, -0.2) is 16.8 Å². The van der Waals surface area contributed by atoms with E-state index in [9.17, 15) is 0 Å². The monoisotopic (exact) mass is 187 g/mol. The summed E-state index contributed by atoms with van der Waals surface area (Å²) in [5.74, 6) is 0. The predicted molar refractivity (Wildman–Crippen MR) is 58.2 cm³/mol. The molecule has 1 heterocycles. The smallest absolute Gasteiger partial charge is 0.0568 e. The molecule has 0 fully saturated rings. The highest BCUT2D eigenvalue weighted by Gasteiger charge is 1.99. The van der Waals surface area contributed by atoms with Crippen molar-refractivity contribution in [2.75, 3.05) is 12.4 Å². The van der Waals surface area contributed by atoms with Crippen molar-refractivity contribution in [1.29, 1.82) is 0 Å². The maximum absolute atomic E-state index is 4.14. The van der Waals surface area contributed by atoms with Gasteiger partial charge >= 0.3 is 0 Å². The Balaban J connectivity index is 2.33. The van der Waals surface area contributed by atoms with Crippen LogP contribution in [-0.2, 0) is 7.05 Å². The summed E-state index contributed by atoms with van der Waals surface area (Å²) in [6.07, 6.45) is 3.88. The van der Waals surface area contributed by atoms with Crippen LogP contribution < -0.4 is 5.32 Å². The van der Waals surface area contributed by atoms with Crippen LogP contribution in [0.25, 0.3) is 11.1 Å².